The Morgan fingerprint density at radius 2 is 2.06 bits per heavy atom. The van der Waals surface area contributed by atoms with Crippen molar-refractivity contribution in [3.63, 3.8) is 0 Å². The summed E-state index contributed by atoms with van der Waals surface area (Å²) in [6, 6.07) is 4.71. The van der Waals surface area contributed by atoms with E-state index >= 15 is 0 Å². The van der Waals surface area contributed by atoms with Crippen LogP contribution in [0.5, 0.6) is 0 Å². The van der Waals surface area contributed by atoms with Crippen molar-refractivity contribution < 1.29 is 14.4 Å². The van der Waals surface area contributed by atoms with E-state index in [1.165, 1.54) is 12.1 Å². The van der Waals surface area contributed by atoms with Gasteiger partial charge in [0.15, 0.2) is 6.29 Å². The molecule has 0 bridgehead atoms. The molecule has 1 heterocycles. The molecule has 0 radical (unpaired) electrons. The highest BCUT2D eigenvalue weighted by Crippen LogP contribution is 2.27. The first-order valence-corrected chi connectivity index (χ1v) is 5.16. The highest BCUT2D eigenvalue weighted by molar-refractivity contribution is 5.39. The lowest BCUT2D eigenvalue weighted by Gasteiger charge is -2.24. The van der Waals surface area contributed by atoms with Gasteiger partial charge in [0.25, 0.3) is 5.69 Å². The van der Waals surface area contributed by atoms with Gasteiger partial charge in [-0.3, -0.25) is 10.1 Å². The van der Waals surface area contributed by atoms with Crippen molar-refractivity contribution in [2.24, 2.45) is 0 Å². The van der Waals surface area contributed by atoms with Crippen LogP contribution in [-0.4, -0.2) is 18.1 Å². The molecule has 5 heteroatoms. The van der Waals surface area contributed by atoms with E-state index in [9.17, 15) is 10.1 Å². The second kappa shape index (κ2) is 4.59. The summed E-state index contributed by atoms with van der Waals surface area (Å²) in [7, 11) is 0. The van der Waals surface area contributed by atoms with Gasteiger partial charge in [0.05, 0.1) is 18.1 Å². The van der Waals surface area contributed by atoms with Gasteiger partial charge in [-0.05, 0) is 25.0 Å². The van der Waals surface area contributed by atoms with E-state index in [0.29, 0.717) is 13.2 Å². The van der Waals surface area contributed by atoms with Crippen molar-refractivity contribution >= 4 is 5.69 Å². The van der Waals surface area contributed by atoms with Crippen molar-refractivity contribution in [2.45, 2.75) is 19.6 Å². The van der Waals surface area contributed by atoms with E-state index in [4.69, 9.17) is 9.47 Å². The van der Waals surface area contributed by atoms with Crippen molar-refractivity contribution in [1.82, 2.24) is 0 Å². The van der Waals surface area contributed by atoms with Gasteiger partial charge in [0, 0.05) is 17.7 Å². The molecule has 1 aromatic rings. The Hall–Kier alpha value is -1.46. The number of benzene rings is 1. The Bertz CT molecular complexity index is 399. The van der Waals surface area contributed by atoms with E-state index < -0.39 is 4.92 Å². The van der Waals surface area contributed by atoms with Gasteiger partial charge in [0.1, 0.15) is 0 Å². The number of nitro groups is 1. The monoisotopic (exact) mass is 223 g/mol. The molecule has 0 unspecified atom stereocenters. The summed E-state index contributed by atoms with van der Waals surface area (Å²) >= 11 is 0. The summed E-state index contributed by atoms with van der Waals surface area (Å²) in [5.41, 5.74) is 1.78. The Balaban J connectivity index is 2.24. The topological polar surface area (TPSA) is 61.6 Å². The number of hydrogen-bond donors (Lipinski definition) is 0. The quantitative estimate of drug-likeness (QED) is 0.570. The number of hydrogen-bond acceptors (Lipinski definition) is 4. The van der Waals surface area contributed by atoms with Gasteiger partial charge in [-0.15, -0.1) is 0 Å². The van der Waals surface area contributed by atoms with Gasteiger partial charge in [0.2, 0.25) is 0 Å². The van der Waals surface area contributed by atoms with E-state index in [-0.39, 0.29) is 12.0 Å². The number of aryl methyl sites for hydroxylation is 1. The van der Waals surface area contributed by atoms with Crippen LogP contribution in [-0.2, 0) is 9.47 Å². The molecule has 0 aliphatic carbocycles. The molecular formula is C11H13NO4. The first-order valence-electron chi connectivity index (χ1n) is 5.16. The lowest BCUT2D eigenvalue weighted by atomic mass is 10.1. The molecule has 1 fully saturated rings. The van der Waals surface area contributed by atoms with Crippen molar-refractivity contribution in [3.8, 4) is 0 Å². The summed E-state index contributed by atoms with van der Waals surface area (Å²) in [4.78, 5) is 10.2. The van der Waals surface area contributed by atoms with Crippen molar-refractivity contribution in [2.75, 3.05) is 13.2 Å². The molecular weight excluding hydrogens is 210 g/mol. The normalized spacial score (nSPS) is 17.3. The minimum absolute atomic E-state index is 0.0945. The number of non-ortho nitro benzene ring substituents is 1. The zero-order chi connectivity index (χ0) is 11.5. The third-order valence-corrected chi connectivity index (χ3v) is 2.55. The molecule has 0 atom stereocenters. The van der Waals surface area contributed by atoms with Crippen LogP contribution >= 0.6 is 0 Å². The zero-order valence-corrected chi connectivity index (χ0v) is 9.01. The molecule has 86 valence electrons. The predicted molar refractivity (Wildman–Crippen MR) is 57.1 cm³/mol. The second-order valence-electron chi connectivity index (χ2n) is 3.73. The molecule has 1 aromatic carbocycles. The largest absolute Gasteiger partial charge is 0.348 e. The minimum Gasteiger partial charge on any atom is -0.348 e. The van der Waals surface area contributed by atoms with Crippen LogP contribution in [0.4, 0.5) is 5.69 Å². The molecule has 0 saturated carbocycles. The first kappa shape index (κ1) is 11.0. The van der Waals surface area contributed by atoms with Crippen LogP contribution in [0, 0.1) is 17.0 Å². The highest BCUT2D eigenvalue weighted by atomic mass is 16.7. The standard InChI is InChI=1S/C11H13NO4/c1-8-7-9(12(13)14)3-4-10(8)11-15-5-2-6-16-11/h3-4,7,11H,2,5-6H2,1H3. The fourth-order valence-corrected chi connectivity index (χ4v) is 1.71. The number of nitro benzene ring substituents is 1. The maximum atomic E-state index is 10.6. The van der Waals surface area contributed by atoms with Gasteiger partial charge >= 0.3 is 0 Å². The Morgan fingerprint density at radius 3 is 2.62 bits per heavy atom. The van der Waals surface area contributed by atoms with Crippen LogP contribution in [0.3, 0.4) is 0 Å². The predicted octanol–water partition coefficient (Wildman–Crippen LogP) is 2.34. The van der Waals surface area contributed by atoms with E-state index in [1.54, 1.807) is 6.07 Å². The summed E-state index contributed by atoms with van der Waals surface area (Å²) in [6.45, 7) is 3.16. The molecule has 2 rings (SSSR count). The average molecular weight is 223 g/mol. The summed E-state index contributed by atoms with van der Waals surface area (Å²) < 4.78 is 10.9. The third-order valence-electron chi connectivity index (χ3n) is 2.55. The molecule has 16 heavy (non-hydrogen) atoms. The van der Waals surface area contributed by atoms with Gasteiger partial charge in [-0.25, -0.2) is 0 Å². The zero-order valence-electron chi connectivity index (χ0n) is 9.01. The van der Waals surface area contributed by atoms with E-state index in [2.05, 4.69) is 0 Å². The van der Waals surface area contributed by atoms with E-state index in [0.717, 1.165) is 17.5 Å². The fourth-order valence-electron chi connectivity index (χ4n) is 1.71. The summed E-state index contributed by atoms with van der Waals surface area (Å²) in [5.74, 6) is 0. The SMILES string of the molecule is Cc1cc([N+](=O)[O-])ccc1C1OCCCO1. The Morgan fingerprint density at radius 1 is 1.38 bits per heavy atom. The van der Waals surface area contributed by atoms with Crippen LogP contribution in [0.15, 0.2) is 18.2 Å². The molecule has 0 amide bonds. The molecule has 1 saturated heterocycles. The van der Waals surface area contributed by atoms with Gasteiger partial charge < -0.3 is 9.47 Å². The first-order chi connectivity index (χ1) is 7.68. The molecule has 0 aromatic heterocycles. The summed E-state index contributed by atoms with van der Waals surface area (Å²) in [6.07, 6.45) is 0.511. The molecule has 0 spiro atoms. The molecule has 0 N–H and O–H groups in total. The average Bonchev–Trinajstić information content (AvgIpc) is 2.30. The second-order valence-corrected chi connectivity index (χ2v) is 3.73. The smallest absolute Gasteiger partial charge is 0.269 e. The fraction of sp³-hybridized carbons (Fsp3) is 0.455. The van der Waals surface area contributed by atoms with Gasteiger partial charge in [-0.1, -0.05) is 0 Å². The minimum atomic E-state index is -0.403. The maximum absolute atomic E-state index is 10.6. The molecule has 5 nitrogen and oxygen atoms in total. The molecule has 1 aliphatic rings. The number of rotatable bonds is 2. The van der Waals surface area contributed by atoms with E-state index in [1.807, 2.05) is 6.92 Å². The maximum Gasteiger partial charge on any atom is 0.269 e. The van der Waals surface area contributed by atoms with Crippen LogP contribution in [0.2, 0.25) is 0 Å². The van der Waals surface area contributed by atoms with Crippen LogP contribution in [0.25, 0.3) is 0 Å². The lowest BCUT2D eigenvalue weighted by Crippen LogP contribution is -2.18. The number of ether oxygens (including phenoxy) is 2. The van der Waals surface area contributed by atoms with Crippen molar-refractivity contribution in [1.29, 1.82) is 0 Å². The van der Waals surface area contributed by atoms with Crippen LogP contribution in [0.1, 0.15) is 23.8 Å². The third kappa shape index (κ3) is 2.20. The molecule has 1 aliphatic heterocycles. The van der Waals surface area contributed by atoms with Crippen molar-refractivity contribution in [3.05, 3.63) is 39.4 Å². The Kier molecular flexibility index (Phi) is 3.17. The summed E-state index contributed by atoms with van der Waals surface area (Å²) in [5, 5.41) is 10.6. The lowest BCUT2D eigenvalue weighted by molar-refractivity contribution is -0.384. The Labute approximate surface area is 93.1 Å². The highest BCUT2D eigenvalue weighted by Gasteiger charge is 2.19. The number of nitrogens with zero attached hydrogens (tertiary/aromatic N) is 1. The van der Waals surface area contributed by atoms with Gasteiger partial charge in [-0.2, -0.15) is 0 Å². The van der Waals surface area contributed by atoms with Crippen LogP contribution < -0.4 is 0 Å².